The van der Waals surface area contributed by atoms with Crippen molar-refractivity contribution >= 4 is 54.5 Å². The van der Waals surface area contributed by atoms with Crippen LogP contribution in [0, 0.1) is 6.92 Å². The second-order valence-electron chi connectivity index (χ2n) is 6.50. The number of nitrogens with zero attached hydrogens (tertiary/aromatic N) is 2. The average Bonchev–Trinajstić information content (AvgIpc) is 2.97. The van der Waals surface area contributed by atoms with Gasteiger partial charge < -0.3 is 9.80 Å². The van der Waals surface area contributed by atoms with Gasteiger partial charge in [0.05, 0.1) is 23.6 Å². The Morgan fingerprint density at radius 2 is 1.72 bits per heavy atom. The molecule has 2 aromatic carbocycles. The van der Waals surface area contributed by atoms with Crippen molar-refractivity contribution in [3.05, 3.63) is 58.6 Å². The maximum Gasteiger partial charge on any atom is 0.181 e. The van der Waals surface area contributed by atoms with E-state index in [4.69, 9.17) is 12.2 Å². The van der Waals surface area contributed by atoms with Crippen molar-refractivity contribution in [1.82, 2.24) is 0 Å². The van der Waals surface area contributed by atoms with E-state index in [1.54, 1.807) is 0 Å². The molecule has 2 atom stereocenters. The molecule has 0 bridgehead atoms. The molecule has 2 aliphatic rings. The molecule has 7 heteroatoms. The van der Waals surface area contributed by atoms with E-state index in [2.05, 4.69) is 15.9 Å². The van der Waals surface area contributed by atoms with Gasteiger partial charge >= 0.3 is 0 Å². The van der Waals surface area contributed by atoms with Crippen LogP contribution in [0.5, 0.6) is 0 Å². The Kier molecular flexibility index (Phi) is 4.13. The van der Waals surface area contributed by atoms with Crippen LogP contribution < -0.4 is 9.80 Å². The van der Waals surface area contributed by atoms with Gasteiger partial charge in [-0.05, 0) is 49.0 Å². The third-order valence-electron chi connectivity index (χ3n) is 4.83. The topological polar surface area (TPSA) is 40.6 Å². The van der Waals surface area contributed by atoms with Crippen LogP contribution in [0.3, 0.4) is 0 Å². The van der Waals surface area contributed by atoms with Crippen LogP contribution in [0.4, 0.5) is 11.4 Å². The second-order valence-corrected chi connectivity index (χ2v) is 9.94. The van der Waals surface area contributed by atoms with E-state index in [0.29, 0.717) is 5.11 Å². The number of fused-ring (bicyclic) bond motifs is 1. The quantitative estimate of drug-likeness (QED) is 0.673. The number of anilines is 2. The van der Waals surface area contributed by atoms with Gasteiger partial charge in [-0.15, -0.1) is 0 Å². The molecule has 2 heterocycles. The fourth-order valence-corrected chi connectivity index (χ4v) is 6.53. The molecule has 0 aliphatic carbocycles. The molecule has 0 unspecified atom stereocenters. The van der Waals surface area contributed by atoms with Gasteiger partial charge in [-0.25, -0.2) is 8.42 Å². The predicted octanol–water partition coefficient (Wildman–Crippen LogP) is 3.53. The van der Waals surface area contributed by atoms with E-state index in [1.807, 2.05) is 65.3 Å². The molecule has 0 radical (unpaired) electrons. The average molecular weight is 437 g/mol. The summed E-state index contributed by atoms with van der Waals surface area (Å²) in [6.45, 7) is 2.03. The highest BCUT2D eigenvalue weighted by Crippen LogP contribution is 2.39. The number of halogens is 1. The van der Waals surface area contributed by atoms with Gasteiger partial charge in [0.1, 0.15) is 0 Å². The summed E-state index contributed by atoms with van der Waals surface area (Å²) < 4.78 is 25.6. The Labute approximate surface area is 161 Å². The van der Waals surface area contributed by atoms with Gasteiger partial charge in [0.2, 0.25) is 0 Å². The van der Waals surface area contributed by atoms with Crippen LogP contribution in [0.2, 0.25) is 0 Å². The maximum absolute atomic E-state index is 12.4. The number of benzene rings is 2. The number of hydrogen-bond acceptors (Lipinski definition) is 3. The Morgan fingerprint density at radius 1 is 1.04 bits per heavy atom. The molecular weight excluding hydrogens is 420 g/mol. The molecule has 25 heavy (non-hydrogen) atoms. The van der Waals surface area contributed by atoms with Gasteiger partial charge in [0, 0.05) is 15.8 Å². The Morgan fingerprint density at radius 3 is 2.40 bits per heavy atom. The Bertz CT molecular complexity index is 961. The number of sulfone groups is 1. The molecule has 2 aliphatic heterocycles. The van der Waals surface area contributed by atoms with Crippen molar-refractivity contribution in [2.24, 2.45) is 0 Å². The molecule has 0 saturated carbocycles. The summed E-state index contributed by atoms with van der Waals surface area (Å²) in [6, 6.07) is 15.5. The fourth-order valence-electron chi connectivity index (χ4n) is 3.75. The lowest BCUT2D eigenvalue weighted by Crippen LogP contribution is -2.38. The first-order chi connectivity index (χ1) is 11.9. The zero-order valence-corrected chi connectivity index (χ0v) is 16.8. The van der Waals surface area contributed by atoms with Gasteiger partial charge in [-0.3, -0.25) is 0 Å². The van der Waals surface area contributed by atoms with Crippen molar-refractivity contribution in [2.45, 2.75) is 19.0 Å². The monoisotopic (exact) mass is 436 g/mol. The summed E-state index contributed by atoms with van der Waals surface area (Å²) in [6.07, 6.45) is 0. The first-order valence-corrected chi connectivity index (χ1v) is 11.0. The first kappa shape index (κ1) is 17.0. The summed E-state index contributed by atoms with van der Waals surface area (Å²) in [4.78, 5) is 4.03. The molecule has 2 aromatic rings. The maximum atomic E-state index is 12.4. The Balaban J connectivity index is 1.84. The van der Waals surface area contributed by atoms with Gasteiger partial charge in [0.25, 0.3) is 0 Å². The Hall–Kier alpha value is -1.44. The highest BCUT2D eigenvalue weighted by Gasteiger charge is 2.52. The van der Waals surface area contributed by atoms with E-state index in [-0.39, 0.29) is 23.6 Å². The zero-order valence-electron chi connectivity index (χ0n) is 13.6. The lowest BCUT2D eigenvalue weighted by Gasteiger charge is -2.27. The van der Waals surface area contributed by atoms with E-state index < -0.39 is 9.84 Å². The smallest absolute Gasteiger partial charge is 0.181 e. The second kappa shape index (κ2) is 6.07. The van der Waals surface area contributed by atoms with Gasteiger partial charge in [-0.1, -0.05) is 40.2 Å². The van der Waals surface area contributed by atoms with Crippen molar-refractivity contribution in [3.8, 4) is 0 Å². The summed E-state index contributed by atoms with van der Waals surface area (Å²) in [7, 11) is -3.09. The number of para-hydroxylation sites is 1. The molecule has 2 fully saturated rings. The SMILES string of the molecule is Cc1ccccc1N1C(=S)N(c2cccc(Br)c2)[C@H]2CS(=O)(=O)C[C@H]21. The number of hydrogen-bond donors (Lipinski definition) is 0. The molecule has 4 nitrogen and oxygen atoms in total. The summed E-state index contributed by atoms with van der Waals surface area (Å²) in [5.41, 5.74) is 2.99. The van der Waals surface area contributed by atoms with Crippen LogP contribution in [0.25, 0.3) is 0 Å². The van der Waals surface area contributed by atoms with Crippen LogP contribution in [-0.2, 0) is 9.84 Å². The van der Waals surface area contributed by atoms with Gasteiger partial charge in [-0.2, -0.15) is 0 Å². The normalized spacial score (nSPS) is 24.6. The van der Waals surface area contributed by atoms with Crippen molar-refractivity contribution in [2.75, 3.05) is 21.3 Å². The lowest BCUT2D eigenvalue weighted by atomic mass is 10.1. The van der Waals surface area contributed by atoms with E-state index >= 15 is 0 Å². The standard InChI is InChI=1S/C18H17BrN2O2S2/c1-12-5-2-3-8-15(12)21-17-11-25(22,23)10-16(17)20(18(21)24)14-7-4-6-13(19)9-14/h2-9,16-17H,10-11H2,1H3/t16-,17+/m0/s1. The van der Waals surface area contributed by atoms with E-state index in [0.717, 1.165) is 21.4 Å². The molecule has 0 amide bonds. The molecule has 0 spiro atoms. The van der Waals surface area contributed by atoms with Crippen LogP contribution in [0.15, 0.2) is 53.0 Å². The molecule has 0 aromatic heterocycles. The van der Waals surface area contributed by atoms with Crippen molar-refractivity contribution in [1.29, 1.82) is 0 Å². The summed E-state index contributed by atoms with van der Waals surface area (Å²) >= 11 is 9.29. The highest BCUT2D eigenvalue weighted by molar-refractivity contribution is 9.10. The number of aryl methyl sites for hydroxylation is 1. The van der Waals surface area contributed by atoms with E-state index in [9.17, 15) is 8.42 Å². The molecule has 130 valence electrons. The van der Waals surface area contributed by atoms with Crippen molar-refractivity contribution in [3.63, 3.8) is 0 Å². The lowest BCUT2D eigenvalue weighted by molar-refractivity contribution is 0.601. The highest BCUT2D eigenvalue weighted by atomic mass is 79.9. The van der Waals surface area contributed by atoms with E-state index in [1.165, 1.54) is 0 Å². The number of rotatable bonds is 2. The molecule has 0 N–H and O–H groups in total. The third kappa shape index (κ3) is 2.88. The molecular formula is C18H17BrN2O2S2. The van der Waals surface area contributed by atoms with Crippen LogP contribution in [-0.4, -0.2) is 37.1 Å². The predicted molar refractivity (Wildman–Crippen MR) is 109 cm³/mol. The van der Waals surface area contributed by atoms with Gasteiger partial charge in [0.15, 0.2) is 14.9 Å². The third-order valence-corrected chi connectivity index (χ3v) is 7.42. The molecule has 2 saturated heterocycles. The largest absolute Gasteiger partial charge is 0.312 e. The summed E-state index contributed by atoms with van der Waals surface area (Å²) in [5.74, 6) is 0.267. The summed E-state index contributed by atoms with van der Waals surface area (Å²) in [5, 5.41) is 0.664. The number of thiocarbonyl (C=S) groups is 1. The fraction of sp³-hybridized carbons (Fsp3) is 0.278. The zero-order chi connectivity index (χ0) is 17.8. The first-order valence-electron chi connectivity index (χ1n) is 8.01. The molecule has 4 rings (SSSR count). The minimum Gasteiger partial charge on any atom is -0.312 e. The van der Waals surface area contributed by atoms with Crippen LogP contribution >= 0.6 is 28.1 Å². The van der Waals surface area contributed by atoms with Crippen molar-refractivity contribution < 1.29 is 8.42 Å². The van der Waals surface area contributed by atoms with Crippen LogP contribution in [0.1, 0.15) is 5.56 Å². The minimum absolute atomic E-state index is 0.132. The minimum atomic E-state index is -3.09.